The highest BCUT2D eigenvalue weighted by Gasteiger charge is 2.28. The van der Waals surface area contributed by atoms with Gasteiger partial charge in [0.15, 0.2) is 0 Å². The quantitative estimate of drug-likeness (QED) is 0.680. The zero-order valence-corrected chi connectivity index (χ0v) is 11.9. The smallest absolute Gasteiger partial charge is 0.225 e. The first-order valence-corrected chi connectivity index (χ1v) is 7.49. The molecule has 0 atom stereocenters. The number of aliphatic hydroxyl groups excluding tert-OH is 1. The van der Waals surface area contributed by atoms with Crippen LogP contribution in [0.2, 0.25) is 0 Å². The van der Waals surface area contributed by atoms with E-state index in [-0.39, 0.29) is 12.5 Å². The number of aliphatic hydroxyl groups is 1. The second-order valence-corrected chi connectivity index (χ2v) is 5.36. The summed E-state index contributed by atoms with van der Waals surface area (Å²) in [6.45, 7) is 2.06. The van der Waals surface area contributed by atoms with Crippen LogP contribution in [-0.4, -0.2) is 41.7 Å². The summed E-state index contributed by atoms with van der Waals surface area (Å²) in [5, 5.41) is 11.8. The summed E-state index contributed by atoms with van der Waals surface area (Å²) in [4.78, 5) is 14.3. The molecule has 0 aliphatic heterocycles. The van der Waals surface area contributed by atoms with E-state index in [1.807, 2.05) is 30.3 Å². The fraction of sp³-hybridized carbons (Fsp3) is 0.562. The predicted octanol–water partition coefficient (Wildman–Crippen LogP) is 2.25. The minimum absolute atomic E-state index is 0.0732. The fourth-order valence-corrected chi connectivity index (χ4v) is 2.33. The topological polar surface area (TPSA) is 52.6 Å². The van der Waals surface area contributed by atoms with Gasteiger partial charge in [-0.3, -0.25) is 9.69 Å². The number of anilines is 1. The Kier molecular flexibility index (Phi) is 6.02. The minimum atomic E-state index is 0.0732. The third-order valence-electron chi connectivity index (χ3n) is 3.60. The van der Waals surface area contributed by atoms with E-state index in [0.29, 0.717) is 12.5 Å². The first-order valence-electron chi connectivity index (χ1n) is 7.49. The van der Waals surface area contributed by atoms with Crippen LogP contribution in [0.25, 0.3) is 0 Å². The number of nitrogens with zero attached hydrogens (tertiary/aromatic N) is 1. The molecule has 2 N–H and O–H groups in total. The second-order valence-electron chi connectivity index (χ2n) is 5.36. The molecule has 1 aliphatic carbocycles. The number of carbonyl (C=O) groups excluding carboxylic acids is 1. The largest absolute Gasteiger partial charge is 0.396 e. The zero-order chi connectivity index (χ0) is 14.2. The van der Waals surface area contributed by atoms with Crippen molar-refractivity contribution in [2.75, 3.05) is 25.0 Å². The summed E-state index contributed by atoms with van der Waals surface area (Å²) in [7, 11) is 0. The number of hydrogen-bond acceptors (Lipinski definition) is 3. The first kappa shape index (κ1) is 15.0. The van der Waals surface area contributed by atoms with Crippen molar-refractivity contribution in [1.29, 1.82) is 0 Å². The van der Waals surface area contributed by atoms with Crippen LogP contribution in [0.3, 0.4) is 0 Å². The molecule has 1 fully saturated rings. The Morgan fingerprint density at radius 3 is 2.60 bits per heavy atom. The number of unbranched alkanes of at least 4 members (excludes halogenated alkanes) is 1. The van der Waals surface area contributed by atoms with Gasteiger partial charge in [-0.05, 0) is 44.4 Å². The maximum absolute atomic E-state index is 11.9. The summed E-state index contributed by atoms with van der Waals surface area (Å²) in [6.07, 6.45) is 4.89. The maximum Gasteiger partial charge on any atom is 0.225 e. The monoisotopic (exact) mass is 276 g/mol. The molecule has 20 heavy (non-hydrogen) atoms. The van der Waals surface area contributed by atoms with Crippen LogP contribution >= 0.6 is 0 Å². The lowest BCUT2D eigenvalue weighted by Crippen LogP contribution is -2.31. The van der Waals surface area contributed by atoms with Gasteiger partial charge in [-0.1, -0.05) is 18.2 Å². The van der Waals surface area contributed by atoms with Gasteiger partial charge in [0.25, 0.3) is 0 Å². The Morgan fingerprint density at radius 1 is 1.20 bits per heavy atom. The Hall–Kier alpha value is -1.39. The van der Waals surface area contributed by atoms with Crippen LogP contribution in [-0.2, 0) is 4.79 Å². The summed E-state index contributed by atoms with van der Waals surface area (Å²) < 4.78 is 0. The lowest BCUT2D eigenvalue weighted by molar-refractivity contribution is -0.116. The van der Waals surface area contributed by atoms with Gasteiger partial charge in [0.1, 0.15) is 0 Å². The third-order valence-corrected chi connectivity index (χ3v) is 3.60. The van der Waals surface area contributed by atoms with Crippen LogP contribution < -0.4 is 5.32 Å². The van der Waals surface area contributed by atoms with E-state index in [0.717, 1.165) is 31.6 Å². The maximum atomic E-state index is 11.9. The van der Waals surface area contributed by atoms with Gasteiger partial charge in [0.05, 0.1) is 0 Å². The molecule has 1 amide bonds. The van der Waals surface area contributed by atoms with E-state index in [9.17, 15) is 4.79 Å². The van der Waals surface area contributed by atoms with Gasteiger partial charge in [-0.2, -0.15) is 0 Å². The van der Waals surface area contributed by atoms with E-state index in [1.54, 1.807) is 0 Å². The van der Waals surface area contributed by atoms with Gasteiger partial charge in [-0.25, -0.2) is 0 Å². The lowest BCUT2D eigenvalue weighted by atomic mass is 10.2. The van der Waals surface area contributed by atoms with Crippen molar-refractivity contribution in [3.8, 4) is 0 Å². The molecule has 0 saturated heterocycles. The summed E-state index contributed by atoms with van der Waals surface area (Å²) >= 11 is 0. The number of carbonyl (C=O) groups is 1. The summed E-state index contributed by atoms with van der Waals surface area (Å²) in [5.41, 5.74) is 0.857. The highest BCUT2D eigenvalue weighted by molar-refractivity contribution is 5.90. The summed E-state index contributed by atoms with van der Waals surface area (Å²) in [5.74, 6) is 0.0732. The Balaban J connectivity index is 1.70. The molecule has 2 rings (SSSR count). The van der Waals surface area contributed by atoms with E-state index >= 15 is 0 Å². The molecule has 0 aromatic heterocycles. The van der Waals surface area contributed by atoms with E-state index < -0.39 is 0 Å². The standard InChI is InChI=1S/C16H24N2O2/c19-13-5-4-11-18(15-8-9-15)12-10-16(20)17-14-6-2-1-3-7-14/h1-3,6-7,15,19H,4-5,8-13H2,(H,17,20). The minimum Gasteiger partial charge on any atom is -0.396 e. The van der Waals surface area contributed by atoms with Crippen molar-refractivity contribution < 1.29 is 9.90 Å². The Morgan fingerprint density at radius 2 is 1.95 bits per heavy atom. The molecule has 0 spiro atoms. The molecule has 1 aromatic rings. The van der Waals surface area contributed by atoms with Crippen LogP contribution in [0, 0.1) is 0 Å². The van der Waals surface area contributed by atoms with Gasteiger partial charge in [0, 0.05) is 31.3 Å². The van der Waals surface area contributed by atoms with E-state index in [2.05, 4.69) is 10.2 Å². The van der Waals surface area contributed by atoms with E-state index in [4.69, 9.17) is 5.11 Å². The molecule has 4 nitrogen and oxygen atoms in total. The second kappa shape index (κ2) is 8.02. The molecule has 110 valence electrons. The van der Waals surface area contributed by atoms with Gasteiger partial charge < -0.3 is 10.4 Å². The number of rotatable bonds is 9. The number of amides is 1. The van der Waals surface area contributed by atoms with Crippen molar-refractivity contribution in [2.24, 2.45) is 0 Å². The van der Waals surface area contributed by atoms with Crippen LogP contribution in [0.4, 0.5) is 5.69 Å². The molecule has 1 aliphatic rings. The average molecular weight is 276 g/mol. The number of para-hydroxylation sites is 1. The van der Waals surface area contributed by atoms with E-state index in [1.165, 1.54) is 12.8 Å². The summed E-state index contributed by atoms with van der Waals surface area (Å²) in [6, 6.07) is 10.2. The fourth-order valence-electron chi connectivity index (χ4n) is 2.33. The van der Waals surface area contributed by atoms with Crippen molar-refractivity contribution in [3.05, 3.63) is 30.3 Å². The van der Waals surface area contributed by atoms with Crippen molar-refractivity contribution in [1.82, 2.24) is 4.90 Å². The highest BCUT2D eigenvalue weighted by Crippen LogP contribution is 2.27. The van der Waals surface area contributed by atoms with Crippen molar-refractivity contribution >= 4 is 11.6 Å². The number of benzene rings is 1. The van der Waals surface area contributed by atoms with Crippen molar-refractivity contribution in [3.63, 3.8) is 0 Å². The third kappa shape index (κ3) is 5.31. The van der Waals surface area contributed by atoms with Crippen LogP contribution in [0.15, 0.2) is 30.3 Å². The predicted molar refractivity (Wildman–Crippen MR) is 80.6 cm³/mol. The molecular formula is C16H24N2O2. The van der Waals surface area contributed by atoms with Crippen molar-refractivity contribution in [2.45, 2.75) is 38.1 Å². The molecule has 4 heteroatoms. The zero-order valence-electron chi connectivity index (χ0n) is 11.9. The number of nitrogens with one attached hydrogen (secondary N) is 1. The highest BCUT2D eigenvalue weighted by atomic mass is 16.2. The molecule has 0 heterocycles. The normalized spacial score (nSPS) is 14.5. The Bertz CT molecular complexity index is 404. The molecular weight excluding hydrogens is 252 g/mol. The molecule has 0 bridgehead atoms. The molecule has 0 unspecified atom stereocenters. The molecule has 0 radical (unpaired) electrons. The van der Waals surface area contributed by atoms with Crippen LogP contribution in [0.1, 0.15) is 32.1 Å². The van der Waals surface area contributed by atoms with Gasteiger partial charge in [-0.15, -0.1) is 0 Å². The average Bonchev–Trinajstić information content (AvgIpc) is 3.28. The first-order chi connectivity index (χ1) is 9.79. The lowest BCUT2D eigenvalue weighted by Gasteiger charge is -2.21. The molecule has 1 saturated carbocycles. The number of hydrogen-bond donors (Lipinski definition) is 2. The SMILES string of the molecule is O=C(CCN(CCCCO)C1CC1)Nc1ccccc1. The van der Waals surface area contributed by atoms with Gasteiger partial charge >= 0.3 is 0 Å². The van der Waals surface area contributed by atoms with Gasteiger partial charge in [0.2, 0.25) is 5.91 Å². The molecule has 1 aromatic carbocycles. The Labute approximate surface area is 120 Å². The van der Waals surface area contributed by atoms with Crippen LogP contribution in [0.5, 0.6) is 0 Å².